The van der Waals surface area contributed by atoms with Crippen LogP contribution in [0.1, 0.15) is 44.1 Å². The second-order valence-corrected chi connectivity index (χ2v) is 5.37. The van der Waals surface area contributed by atoms with Crippen molar-refractivity contribution in [2.45, 2.75) is 39.7 Å². The number of aromatic nitrogens is 1. The number of hydrogen-bond donors (Lipinski definition) is 1. The molecule has 0 aromatic carbocycles. The van der Waals surface area contributed by atoms with Gasteiger partial charge in [0.25, 0.3) is 0 Å². The first-order valence-electron chi connectivity index (χ1n) is 6.34. The van der Waals surface area contributed by atoms with E-state index in [2.05, 4.69) is 24.9 Å². The lowest BCUT2D eigenvalue weighted by atomic mass is 9.79. The zero-order chi connectivity index (χ0) is 12.4. The summed E-state index contributed by atoms with van der Waals surface area (Å²) in [5.41, 5.74) is 3.34. The van der Waals surface area contributed by atoms with Gasteiger partial charge in [-0.3, -0.25) is 4.98 Å². The van der Waals surface area contributed by atoms with Gasteiger partial charge in [0.15, 0.2) is 0 Å². The van der Waals surface area contributed by atoms with E-state index in [9.17, 15) is 5.11 Å². The molecule has 3 atom stereocenters. The fraction of sp³-hybridized carbons (Fsp3) is 0.533. The molecule has 3 unspecified atom stereocenters. The molecule has 0 bridgehead atoms. The summed E-state index contributed by atoms with van der Waals surface area (Å²) in [5, 5.41) is 10.4. The van der Waals surface area contributed by atoms with Gasteiger partial charge >= 0.3 is 0 Å². The number of aliphatic hydroxyl groups is 1. The van der Waals surface area contributed by atoms with E-state index in [4.69, 9.17) is 0 Å². The number of aliphatic hydroxyl groups excluding tert-OH is 1. The highest BCUT2D eigenvalue weighted by molar-refractivity contribution is 5.18. The van der Waals surface area contributed by atoms with E-state index in [1.54, 1.807) is 6.20 Å². The molecule has 0 saturated heterocycles. The highest BCUT2D eigenvalue weighted by Gasteiger charge is 2.25. The molecule has 1 aliphatic carbocycles. The Hall–Kier alpha value is -1.15. The summed E-state index contributed by atoms with van der Waals surface area (Å²) in [6, 6.07) is 3.96. The molecule has 1 aromatic heterocycles. The molecular weight excluding hydrogens is 210 g/mol. The molecule has 1 aliphatic rings. The summed E-state index contributed by atoms with van der Waals surface area (Å²) >= 11 is 0. The Morgan fingerprint density at radius 2 is 2.12 bits per heavy atom. The Kier molecular flexibility index (Phi) is 3.63. The third-order valence-electron chi connectivity index (χ3n) is 3.55. The maximum Gasteiger partial charge on any atom is 0.0836 e. The van der Waals surface area contributed by atoms with Gasteiger partial charge < -0.3 is 5.11 Å². The van der Waals surface area contributed by atoms with Crippen molar-refractivity contribution in [1.82, 2.24) is 4.98 Å². The van der Waals surface area contributed by atoms with Crippen molar-refractivity contribution >= 4 is 0 Å². The lowest BCUT2D eigenvalue weighted by Gasteiger charge is -2.29. The van der Waals surface area contributed by atoms with Crippen LogP contribution in [0.2, 0.25) is 0 Å². The average Bonchev–Trinajstić information content (AvgIpc) is 2.28. The van der Waals surface area contributed by atoms with Crippen molar-refractivity contribution < 1.29 is 5.11 Å². The van der Waals surface area contributed by atoms with Crippen LogP contribution in [0, 0.1) is 18.8 Å². The van der Waals surface area contributed by atoms with E-state index >= 15 is 0 Å². The molecule has 0 spiro atoms. The first-order valence-corrected chi connectivity index (χ1v) is 6.34. The minimum atomic E-state index is -0.380. The van der Waals surface area contributed by atoms with Gasteiger partial charge in [0.05, 0.1) is 6.10 Å². The van der Waals surface area contributed by atoms with Crippen LogP contribution in [0.15, 0.2) is 30.0 Å². The summed E-state index contributed by atoms with van der Waals surface area (Å²) in [6.45, 7) is 6.34. The molecule has 2 nitrogen and oxygen atoms in total. The van der Waals surface area contributed by atoms with Crippen LogP contribution in [0.4, 0.5) is 0 Å². The van der Waals surface area contributed by atoms with Crippen LogP contribution < -0.4 is 0 Å². The van der Waals surface area contributed by atoms with Gasteiger partial charge in [0.2, 0.25) is 0 Å². The number of allylic oxidation sites excluding steroid dienone is 2. The molecule has 1 aromatic rings. The molecule has 0 amide bonds. The largest absolute Gasteiger partial charge is 0.388 e. The van der Waals surface area contributed by atoms with Gasteiger partial charge in [-0.25, -0.2) is 0 Å². The minimum Gasteiger partial charge on any atom is -0.388 e. The van der Waals surface area contributed by atoms with E-state index in [0.717, 1.165) is 24.1 Å². The molecule has 1 heterocycles. The van der Waals surface area contributed by atoms with Crippen molar-refractivity contribution in [3.8, 4) is 0 Å². The molecule has 1 N–H and O–H groups in total. The zero-order valence-corrected chi connectivity index (χ0v) is 10.9. The number of nitrogens with zero attached hydrogens (tertiary/aromatic N) is 1. The normalized spacial score (nSPS) is 26.5. The average molecular weight is 231 g/mol. The van der Waals surface area contributed by atoms with E-state index in [1.165, 1.54) is 5.57 Å². The van der Waals surface area contributed by atoms with Crippen LogP contribution >= 0.6 is 0 Å². The van der Waals surface area contributed by atoms with Crippen LogP contribution in [-0.4, -0.2) is 10.1 Å². The lowest BCUT2D eigenvalue weighted by Crippen LogP contribution is -2.19. The maximum atomic E-state index is 10.4. The number of rotatable bonds is 2. The fourth-order valence-electron chi connectivity index (χ4n) is 2.76. The number of pyridine rings is 1. The minimum absolute atomic E-state index is 0.333. The molecule has 0 fully saturated rings. The van der Waals surface area contributed by atoms with Gasteiger partial charge in [-0.2, -0.15) is 0 Å². The highest BCUT2D eigenvalue weighted by Crippen LogP contribution is 2.36. The summed E-state index contributed by atoms with van der Waals surface area (Å²) < 4.78 is 0. The highest BCUT2D eigenvalue weighted by atomic mass is 16.3. The molecule has 17 heavy (non-hydrogen) atoms. The monoisotopic (exact) mass is 231 g/mol. The van der Waals surface area contributed by atoms with E-state index in [1.807, 2.05) is 19.1 Å². The van der Waals surface area contributed by atoms with Crippen molar-refractivity contribution in [2.24, 2.45) is 11.8 Å². The van der Waals surface area contributed by atoms with E-state index < -0.39 is 0 Å². The van der Waals surface area contributed by atoms with Crippen molar-refractivity contribution in [3.05, 3.63) is 41.2 Å². The van der Waals surface area contributed by atoms with Crippen molar-refractivity contribution in [2.75, 3.05) is 0 Å². The Balaban J connectivity index is 2.12. The third-order valence-corrected chi connectivity index (χ3v) is 3.55. The summed E-state index contributed by atoms with van der Waals surface area (Å²) in [7, 11) is 0. The maximum absolute atomic E-state index is 10.4. The predicted molar refractivity (Wildman–Crippen MR) is 69.6 cm³/mol. The summed E-state index contributed by atoms with van der Waals surface area (Å²) in [6.07, 6.45) is 5.80. The second-order valence-electron chi connectivity index (χ2n) is 5.37. The van der Waals surface area contributed by atoms with E-state index in [-0.39, 0.29) is 6.10 Å². The Bertz CT molecular complexity index is 407. The van der Waals surface area contributed by atoms with Crippen LogP contribution in [0.25, 0.3) is 0 Å². The number of hydrogen-bond acceptors (Lipinski definition) is 2. The first-order chi connectivity index (χ1) is 8.06. The SMILES string of the molecule is CC1=CC(C)CC(C(O)c2ccc(C)nc2)C1. The second kappa shape index (κ2) is 5.01. The Morgan fingerprint density at radius 1 is 1.35 bits per heavy atom. The molecule has 2 rings (SSSR count). The number of aryl methyl sites for hydroxylation is 1. The van der Waals surface area contributed by atoms with Crippen LogP contribution in [0.3, 0.4) is 0 Å². The van der Waals surface area contributed by atoms with Crippen LogP contribution in [0.5, 0.6) is 0 Å². The fourth-order valence-corrected chi connectivity index (χ4v) is 2.76. The molecule has 0 radical (unpaired) electrons. The standard InChI is InChI=1S/C15H21NO/c1-10-6-11(2)8-14(7-10)15(17)13-5-4-12(3)16-9-13/h4-6,9-10,14-15,17H,7-8H2,1-3H3. The summed E-state index contributed by atoms with van der Waals surface area (Å²) in [5.74, 6) is 0.904. The Labute approximate surface area is 103 Å². The van der Waals surface area contributed by atoms with Crippen molar-refractivity contribution in [1.29, 1.82) is 0 Å². The lowest BCUT2D eigenvalue weighted by molar-refractivity contribution is 0.0929. The van der Waals surface area contributed by atoms with Crippen LogP contribution in [-0.2, 0) is 0 Å². The first kappa shape index (κ1) is 12.3. The Morgan fingerprint density at radius 3 is 2.71 bits per heavy atom. The summed E-state index contributed by atoms with van der Waals surface area (Å²) in [4.78, 5) is 4.26. The third kappa shape index (κ3) is 2.95. The van der Waals surface area contributed by atoms with Gasteiger partial charge in [-0.05, 0) is 50.2 Å². The van der Waals surface area contributed by atoms with Gasteiger partial charge in [0, 0.05) is 11.9 Å². The molecule has 0 aliphatic heterocycles. The topological polar surface area (TPSA) is 33.1 Å². The van der Waals surface area contributed by atoms with Gasteiger partial charge in [-0.1, -0.05) is 24.6 Å². The molecular formula is C15H21NO. The van der Waals surface area contributed by atoms with E-state index in [0.29, 0.717) is 11.8 Å². The quantitative estimate of drug-likeness (QED) is 0.791. The predicted octanol–water partition coefficient (Wildman–Crippen LogP) is 3.42. The van der Waals surface area contributed by atoms with Gasteiger partial charge in [-0.15, -0.1) is 0 Å². The molecule has 2 heteroatoms. The molecule has 0 saturated carbocycles. The zero-order valence-electron chi connectivity index (χ0n) is 10.9. The van der Waals surface area contributed by atoms with Crippen molar-refractivity contribution in [3.63, 3.8) is 0 Å². The van der Waals surface area contributed by atoms with Gasteiger partial charge in [0.1, 0.15) is 0 Å². The smallest absolute Gasteiger partial charge is 0.0836 e. The molecule has 92 valence electrons.